The van der Waals surface area contributed by atoms with E-state index in [1.54, 1.807) is 11.3 Å². The molecule has 2 saturated heterocycles. The SMILES string of the molecule is CCNC(=NCCc1ncc(CC)s1)N1CCCC2(CNC(=O)C2)C1.I. The van der Waals surface area contributed by atoms with Gasteiger partial charge in [-0.25, -0.2) is 4.98 Å². The molecule has 0 aromatic carbocycles. The van der Waals surface area contributed by atoms with Crippen LogP contribution in [0.3, 0.4) is 0 Å². The van der Waals surface area contributed by atoms with Crippen LogP contribution < -0.4 is 10.6 Å². The predicted molar refractivity (Wildman–Crippen MR) is 117 cm³/mol. The Hall–Kier alpha value is -0.900. The summed E-state index contributed by atoms with van der Waals surface area (Å²) in [7, 11) is 0. The van der Waals surface area contributed by atoms with Crippen molar-refractivity contribution in [2.75, 3.05) is 32.7 Å². The molecule has 3 heterocycles. The maximum atomic E-state index is 11.7. The van der Waals surface area contributed by atoms with E-state index in [0.29, 0.717) is 6.42 Å². The van der Waals surface area contributed by atoms with Gasteiger partial charge in [-0.1, -0.05) is 6.92 Å². The lowest BCUT2D eigenvalue weighted by Crippen LogP contribution is -2.51. The van der Waals surface area contributed by atoms with Crippen molar-refractivity contribution in [1.29, 1.82) is 0 Å². The van der Waals surface area contributed by atoms with Crippen LogP contribution in [0.5, 0.6) is 0 Å². The van der Waals surface area contributed by atoms with E-state index in [2.05, 4.69) is 34.4 Å². The van der Waals surface area contributed by atoms with E-state index >= 15 is 0 Å². The van der Waals surface area contributed by atoms with E-state index in [0.717, 1.165) is 69.4 Å². The average molecular weight is 491 g/mol. The smallest absolute Gasteiger partial charge is 0.220 e. The lowest BCUT2D eigenvalue weighted by Gasteiger charge is -2.40. The van der Waals surface area contributed by atoms with Crippen LogP contribution in [0, 0.1) is 5.41 Å². The molecule has 2 N–H and O–H groups in total. The van der Waals surface area contributed by atoms with Gasteiger partial charge in [0.1, 0.15) is 0 Å². The average Bonchev–Trinajstić information content (AvgIpc) is 3.21. The van der Waals surface area contributed by atoms with Crippen LogP contribution in [0.15, 0.2) is 11.2 Å². The van der Waals surface area contributed by atoms with Crippen molar-refractivity contribution in [3.8, 4) is 0 Å². The first-order valence-corrected chi connectivity index (χ1v) is 10.2. The van der Waals surface area contributed by atoms with E-state index in [1.165, 1.54) is 4.88 Å². The fourth-order valence-electron chi connectivity index (χ4n) is 3.74. The highest BCUT2D eigenvalue weighted by Crippen LogP contribution is 2.36. The molecule has 6 nitrogen and oxygen atoms in total. The summed E-state index contributed by atoms with van der Waals surface area (Å²) < 4.78 is 0. The molecule has 1 spiro atoms. The minimum absolute atomic E-state index is 0. The number of amides is 1. The minimum Gasteiger partial charge on any atom is -0.357 e. The van der Waals surface area contributed by atoms with Crippen LogP contribution in [-0.2, 0) is 17.6 Å². The zero-order valence-electron chi connectivity index (χ0n) is 15.7. The highest BCUT2D eigenvalue weighted by atomic mass is 127. The number of aromatic nitrogens is 1. The normalized spacial score (nSPS) is 23.1. The molecule has 0 aliphatic carbocycles. The summed E-state index contributed by atoms with van der Waals surface area (Å²) in [5.74, 6) is 1.17. The molecular weight excluding hydrogens is 461 g/mol. The second kappa shape index (κ2) is 9.87. The van der Waals surface area contributed by atoms with Gasteiger partial charge in [-0.15, -0.1) is 35.3 Å². The number of aryl methyl sites for hydroxylation is 1. The standard InChI is InChI=1S/C18H29N5OS.HI/c1-3-14-11-21-16(25-14)6-8-20-17(19-4-2)23-9-5-7-18(13-23)10-15(24)22-12-18;/h11H,3-10,12-13H2,1-2H3,(H,19,20)(H,22,24);1H. The third-order valence-corrected chi connectivity index (χ3v) is 6.23. The zero-order valence-corrected chi connectivity index (χ0v) is 18.9. The molecule has 0 saturated carbocycles. The van der Waals surface area contributed by atoms with Gasteiger partial charge in [-0.3, -0.25) is 9.79 Å². The van der Waals surface area contributed by atoms with E-state index < -0.39 is 0 Å². The maximum Gasteiger partial charge on any atom is 0.220 e. The maximum absolute atomic E-state index is 11.7. The summed E-state index contributed by atoms with van der Waals surface area (Å²) in [6, 6.07) is 0. The molecule has 1 aromatic rings. The van der Waals surface area contributed by atoms with Crippen molar-refractivity contribution < 1.29 is 4.79 Å². The zero-order chi connectivity index (χ0) is 17.7. The van der Waals surface area contributed by atoms with E-state index in [9.17, 15) is 4.79 Å². The van der Waals surface area contributed by atoms with Gasteiger partial charge in [-0.2, -0.15) is 0 Å². The Morgan fingerprint density at radius 1 is 1.50 bits per heavy atom. The lowest BCUT2D eigenvalue weighted by molar-refractivity contribution is -0.119. The van der Waals surface area contributed by atoms with Crippen molar-refractivity contribution in [3.05, 3.63) is 16.1 Å². The van der Waals surface area contributed by atoms with Crippen LogP contribution in [0.1, 0.15) is 43.0 Å². The van der Waals surface area contributed by atoms with Gasteiger partial charge in [-0.05, 0) is 26.2 Å². The molecule has 2 aliphatic heterocycles. The van der Waals surface area contributed by atoms with E-state index in [-0.39, 0.29) is 35.3 Å². The first kappa shape index (κ1) is 21.4. The molecule has 2 fully saturated rings. The number of halogens is 1. The molecule has 26 heavy (non-hydrogen) atoms. The molecule has 0 bridgehead atoms. The molecule has 1 unspecified atom stereocenters. The number of guanidine groups is 1. The first-order valence-electron chi connectivity index (χ1n) is 9.37. The van der Waals surface area contributed by atoms with Crippen molar-refractivity contribution in [1.82, 2.24) is 20.5 Å². The van der Waals surface area contributed by atoms with Crippen LogP contribution in [0.2, 0.25) is 0 Å². The molecule has 1 amide bonds. The number of carbonyl (C=O) groups excluding carboxylic acids is 1. The van der Waals surface area contributed by atoms with Gasteiger partial charge in [0.2, 0.25) is 5.91 Å². The number of hydrogen-bond donors (Lipinski definition) is 2. The topological polar surface area (TPSA) is 69.6 Å². The highest BCUT2D eigenvalue weighted by molar-refractivity contribution is 14.0. The van der Waals surface area contributed by atoms with Crippen molar-refractivity contribution in [3.63, 3.8) is 0 Å². The number of hydrogen-bond acceptors (Lipinski definition) is 4. The van der Waals surface area contributed by atoms with Gasteiger partial charge in [0.25, 0.3) is 0 Å². The Kier molecular flexibility index (Phi) is 8.12. The predicted octanol–water partition coefficient (Wildman–Crippen LogP) is 2.43. The Bertz CT molecular complexity index is 635. The molecule has 3 rings (SSSR count). The summed E-state index contributed by atoms with van der Waals surface area (Å²) in [6.45, 7) is 8.60. The number of thiazole rings is 1. The monoisotopic (exact) mass is 491 g/mol. The molecule has 146 valence electrons. The summed E-state index contributed by atoms with van der Waals surface area (Å²) in [4.78, 5) is 24.7. The van der Waals surface area contributed by atoms with Crippen molar-refractivity contribution in [2.45, 2.75) is 46.0 Å². The molecule has 8 heteroatoms. The Morgan fingerprint density at radius 2 is 2.35 bits per heavy atom. The van der Waals surface area contributed by atoms with Gasteiger partial charge >= 0.3 is 0 Å². The Labute approximate surface area is 177 Å². The molecule has 2 aliphatic rings. The van der Waals surface area contributed by atoms with Crippen LogP contribution in [0.4, 0.5) is 0 Å². The second-order valence-electron chi connectivity index (χ2n) is 7.04. The molecule has 0 radical (unpaired) electrons. The molecular formula is C18H30IN5OS. The summed E-state index contributed by atoms with van der Waals surface area (Å²) >= 11 is 1.79. The summed E-state index contributed by atoms with van der Waals surface area (Å²) in [5, 5.41) is 7.60. The van der Waals surface area contributed by atoms with E-state index in [4.69, 9.17) is 4.99 Å². The number of carbonyl (C=O) groups is 1. The number of likely N-dealkylation sites (tertiary alicyclic amines) is 1. The Balaban J connectivity index is 0.00000243. The lowest BCUT2D eigenvalue weighted by atomic mass is 9.79. The van der Waals surface area contributed by atoms with Gasteiger partial charge < -0.3 is 15.5 Å². The number of rotatable bonds is 5. The first-order chi connectivity index (χ1) is 12.1. The van der Waals surface area contributed by atoms with Crippen molar-refractivity contribution in [2.24, 2.45) is 10.4 Å². The highest BCUT2D eigenvalue weighted by Gasteiger charge is 2.42. The van der Waals surface area contributed by atoms with Gasteiger partial charge in [0, 0.05) is 62.1 Å². The fraction of sp³-hybridized carbons (Fsp3) is 0.722. The largest absolute Gasteiger partial charge is 0.357 e. The van der Waals surface area contributed by atoms with Gasteiger partial charge in [0.15, 0.2) is 5.96 Å². The van der Waals surface area contributed by atoms with Crippen LogP contribution in [-0.4, -0.2) is 54.5 Å². The summed E-state index contributed by atoms with van der Waals surface area (Å²) in [6.07, 6.45) is 6.81. The number of nitrogens with zero attached hydrogens (tertiary/aromatic N) is 3. The Morgan fingerprint density at radius 3 is 3.00 bits per heavy atom. The number of piperidine rings is 1. The number of nitrogens with one attached hydrogen (secondary N) is 2. The quantitative estimate of drug-likeness (QED) is 0.377. The van der Waals surface area contributed by atoms with Gasteiger partial charge in [0.05, 0.1) is 5.01 Å². The van der Waals surface area contributed by atoms with Crippen molar-refractivity contribution >= 4 is 47.2 Å². The van der Waals surface area contributed by atoms with Crippen LogP contribution >= 0.6 is 35.3 Å². The summed E-state index contributed by atoms with van der Waals surface area (Å²) in [5.41, 5.74) is 0.0941. The third-order valence-electron chi connectivity index (χ3n) is 5.03. The molecule has 1 atom stereocenters. The second-order valence-corrected chi connectivity index (χ2v) is 8.24. The molecule has 1 aromatic heterocycles. The minimum atomic E-state index is 0. The third kappa shape index (κ3) is 5.31. The number of aliphatic imine (C=N–C) groups is 1. The fourth-order valence-corrected chi connectivity index (χ4v) is 4.59. The van der Waals surface area contributed by atoms with E-state index in [1.807, 2.05) is 6.20 Å². The van der Waals surface area contributed by atoms with Crippen LogP contribution in [0.25, 0.3) is 0 Å².